The second-order valence-corrected chi connectivity index (χ2v) is 5.33. The Bertz CT molecular complexity index is 554. The third-order valence-electron chi connectivity index (χ3n) is 2.59. The van der Waals surface area contributed by atoms with Gasteiger partial charge in [-0.1, -0.05) is 17.7 Å². The van der Waals surface area contributed by atoms with Gasteiger partial charge in [-0.05, 0) is 36.6 Å². The minimum atomic E-state index is -0.460. The molecule has 1 aromatic heterocycles. The largest absolute Gasteiger partial charge is 0.376 e. The van der Waals surface area contributed by atoms with Gasteiger partial charge >= 0.3 is 0 Å². The van der Waals surface area contributed by atoms with Gasteiger partial charge < -0.3 is 11.1 Å². The molecule has 5 heteroatoms. The molecule has 2 aromatic rings. The van der Waals surface area contributed by atoms with E-state index in [1.54, 1.807) is 29.5 Å². The summed E-state index contributed by atoms with van der Waals surface area (Å²) in [6.45, 7) is 2.04. The summed E-state index contributed by atoms with van der Waals surface area (Å²) in [5, 5.41) is 5.87. The number of anilines is 1. The Labute approximate surface area is 115 Å². The first-order valence-corrected chi connectivity index (χ1v) is 6.73. The average molecular weight is 281 g/mol. The normalized spacial score (nSPS) is 12.1. The fraction of sp³-hybridized carbons (Fsp3) is 0.154. The van der Waals surface area contributed by atoms with Crippen molar-refractivity contribution in [2.75, 3.05) is 5.32 Å². The maximum absolute atomic E-state index is 11.1. The quantitative estimate of drug-likeness (QED) is 0.898. The van der Waals surface area contributed by atoms with Crippen LogP contribution in [0.25, 0.3) is 0 Å². The SMILES string of the molecule is CC(Nc1cc(C(N)=O)ccc1Cl)c1cccs1. The number of benzene rings is 1. The fourth-order valence-electron chi connectivity index (χ4n) is 1.63. The van der Waals surface area contributed by atoms with Gasteiger partial charge in [0, 0.05) is 10.4 Å². The van der Waals surface area contributed by atoms with Crippen LogP contribution in [0.1, 0.15) is 28.2 Å². The Morgan fingerprint density at radius 1 is 1.44 bits per heavy atom. The average Bonchev–Trinajstić information content (AvgIpc) is 2.85. The van der Waals surface area contributed by atoms with E-state index in [4.69, 9.17) is 17.3 Å². The summed E-state index contributed by atoms with van der Waals surface area (Å²) in [6, 6.07) is 9.14. The van der Waals surface area contributed by atoms with Gasteiger partial charge in [0.05, 0.1) is 16.8 Å². The molecule has 0 aliphatic carbocycles. The summed E-state index contributed by atoms with van der Waals surface area (Å²) < 4.78 is 0. The van der Waals surface area contributed by atoms with E-state index in [9.17, 15) is 4.79 Å². The van der Waals surface area contributed by atoms with Crippen molar-refractivity contribution in [2.45, 2.75) is 13.0 Å². The molecule has 18 heavy (non-hydrogen) atoms. The summed E-state index contributed by atoms with van der Waals surface area (Å²) in [4.78, 5) is 12.3. The molecule has 0 bridgehead atoms. The van der Waals surface area contributed by atoms with Gasteiger partial charge in [-0.2, -0.15) is 0 Å². The van der Waals surface area contributed by atoms with Crippen molar-refractivity contribution in [3.63, 3.8) is 0 Å². The Morgan fingerprint density at radius 3 is 2.83 bits per heavy atom. The van der Waals surface area contributed by atoms with Crippen LogP contribution in [0.2, 0.25) is 5.02 Å². The zero-order valence-corrected chi connectivity index (χ0v) is 11.4. The van der Waals surface area contributed by atoms with Crippen LogP contribution >= 0.6 is 22.9 Å². The van der Waals surface area contributed by atoms with E-state index in [-0.39, 0.29) is 6.04 Å². The highest BCUT2D eigenvalue weighted by Crippen LogP contribution is 2.28. The topological polar surface area (TPSA) is 55.1 Å². The van der Waals surface area contributed by atoms with Crippen molar-refractivity contribution < 1.29 is 4.79 Å². The number of nitrogens with two attached hydrogens (primary N) is 1. The van der Waals surface area contributed by atoms with Crippen molar-refractivity contribution in [1.82, 2.24) is 0 Å². The highest BCUT2D eigenvalue weighted by atomic mass is 35.5. The zero-order valence-electron chi connectivity index (χ0n) is 9.81. The lowest BCUT2D eigenvalue weighted by Gasteiger charge is -2.15. The molecule has 1 aromatic carbocycles. The van der Waals surface area contributed by atoms with Gasteiger partial charge in [0.25, 0.3) is 0 Å². The molecule has 0 aliphatic heterocycles. The second-order valence-electron chi connectivity index (χ2n) is 3.94. The van der Waals surface area contributed by atoms with Crippen molar-refractivity contribution in [3.05, 3.63) is 51.2 Å². The molecule has 1 atom stereocenters. The minimum absolute atomic E-state index is 0.130. The van der Waals surface area contributed by atoms with Gasteiger partial charge in [0.2, 0.25) is 5.91 Å². The number of carbonyl (C=O) groups is 1. The number of halogens is 1. The summed E-state index contributed by atoms with van der Waals surface area (Å²) in [5.41, 5.74) is 6.41. The molecule has 2 rings (SSSR count). The number of amides is 1. The molecule has 0 aliphatic rings. The summed E-state index contributed by atoms with van der Waals surface area (Å²) in [6.07, 6.45) is 0. The molecule has 0 saturated heterocycles. The van der Waals surface area contributed by atoms with Gasteiger partial charge in [-0.15, -0.1) is 11.3 Å². The molecule has 0 saturated carbocycles. The predicted octanol–water partition coefficient (Wildman–Crippen LogP) is 3.67. The van der Waals surface area contributed by atoms with Crippen molar-refractivity contribution >= 4 is 34.5 Å². The molecule has 1 amide bonds. The van der Waals surface area contributed by atoms with Crippen LogP contribution in [0.5, 0.6) is 0 Å². The Hall–Kier alpha value is -1.52. The molecular weight excluding hydrogens is 268 g/mol. The smallest absolute Gasteiger partial charge is 0.248 e. The molecule has 0 spiro atoms. The summed E-state index contributed by atoms with van der Waals surface area (Å²) in [7, 11) is 0. The Kier molecular flexibility index (Phi) is 3.89. The Balaban J connectivity index is 2.23. The van der Waals surface area contributed by atoms with E-state index in [2.05, 4.69) is 5.32 Å². The van der Waals surface area contributed by atoms with E-state index in [0.717, 1.165) is 0 Å². The first-order chi connectivity index (χ1) is 8.58. The number of carbonyl (C=O) groups excluding carboxylic acids is 1. The number of primary amides is 1. The summed E-state index contributed by atoms with van der Waals surface area (Å²) >= 11 is 7.76. The van der Waals surface area contributed by atoms with E-state index < -0.39 is 5.91 Å². The first kappa shape index (κ1) is 12.9. The third-order valence-corrected chi connectivity index (χ3v) is 3.98. The maximum Gasteiger partial charge on any atom is 0.248 e. The fourth-order valence-corrected chi connectivity index (χ4v) is 2.54. The van der Waals surface area contributed by atoms with Gasteiger partial charge in [-0.25, -0.2) is 0 Å². The van der Waals surface area contributed by atoms with Crippen LogP contribution in [-0.2, 0) is 0 Å². The molecule has 1 unspecified atom stereocenters. The molecule has 1 heterocycles. The van der Waals surface area contributed by atoms with Crippen LogP contribution in [-0.4, -0.2) is 5.91 Å². The number of nitrogens with one attached hydrogen (secondary N) is 1. The summed E-state index contributed by atoms with van der Waals surface area (Å²) in [5.74, 6) is -0.460. The molecule has 3 nitrogen and oxygen atoms in total. The molecular formula is C13H13ClN2OS. The van der Waals surface area contributed by atoms with E-state index in [0.29, 0.717) is 16.3 Å². The van der Waals surface area contributed by atoms with Crippen LogP contribution in [0.4, 0.5) is 5.69 Å². The van der Waals surface area contributed by atoms with Crippen LogP contribution in [0.15, 0.2) is 35.7 Å². The highest BCUT2D eigenvalue weighted by Gasteiger charge is 2.10. The number of hydrogen-bond acceptors (Lipinski definition) is 3. The van der Waals surface area contributed by atoms with E-state index >= 15 is 0 Å². The molecule has 94 valence electrons. The van der Waals surface area contributed by atoms with Crippen molar-refractivity contribution in [3.8, 4) is 0 Å². The number of rotatable bonds is 4. The van der Waals surface area contributed by atoms with Crippen LogP contribution < -0.4 is 11.1 Å². The van der Waals surface area contributed by atoms with Crippen LogP contribution in [0, 0.1) is 0 Å². The second kappa shape index (κ2) is 5.42. The lowest BCUT2D eigenvalue weighted by molar-refractivity contribution is 0.100. The number of hydrogen-bond donors (Lipinski definition) is 2. The molecule has 0 radical (unpaired) electrons. The van der Waals surface area contributed by atoms with E-state index in [1.807, 2.05) is 24.4 Å². The van der Waals surface area contributed by atoms with Crippen molar-refractivity contribution in [1.29, 1.82) is 0 Å². The zero-order chi connectivity index (χ0) is 13.1. The van der Waals surface area contributed by atoms with Gasteiger partial charge in [-0.3, -0.25) is 4.79 Å². The lowest BCUT2D eigenvalue weighted by atomic mass is 10.1. The highest BCUT2D eigenvalue weighted by molar-refractivity contribution is 7.10. The third kappa shape index (κ3) is 2.83. The number of thiophene rings is 1. The van der Waals surface area contributed by atoms with Crippen molar-refractivity contribution in [2.24, 2.45) is 5.73 Å². The molecule has 0 fully saturated rings. The maximum atomic E-state index is 11.1. The van der Waals surface area contributed by atoms with E-state index in [1.165, 1.54) is 4.88 Å². The monoisotopic (exact) mass is 280 g/mol. The predicted molar refractivity (Wildman–Crippen MR) is 76.3 cm³/mol. The molecule has 3 N–H and O–H groups in total. The minimum Gasteiger partial charge on any atom is -0.376 e. The first-order valence-electron chi connectivity index (χ1n) is 5.47. The standard InChI is InChI=1S/C13H13ClN2OS/c1-8(12-3-2-6-18-12)16-11-7-9(13(15)17)4-5-10(11)14/h2-8,16H,1H3,(H2,15,17). The van der Waals surface area contributed by atoms with Gasteiger partial charge in [0.15, 0.2) is 0 Å². The van der Waals surface area contributed by atoms with Gasteiger partial charge in [0.1, 0.15) is 0 Å². The lowest BCUT2D eigenvalue weighted by Crippen LogP contribution is -2.12. The van der Waals surface area contributed by atoms with Crippen LogP contribution in [0.3, 0.4) is 0 Å². The Morgan fingerprint density at radius 2 is 2.22 bits per heavy atom.